The third-order valence-corrected chi connectivity index (χ3v) is 5.85. The fourth-order valence-electron chi connectivity index (χ4n) is 3.96. The SMILES string of the molecule is CN[C@@H](C)C(=O)N[C@H]1CCc2ccccc2N(Cc2ccc3ccccc3c2)C1=O.Cl. The quantitative estimate of drug-likeness (QED) is 0.637. The molecule has 5 nitrogen and oxygen atoms in total. The summed E-state index contributed by atoms with van der Waals surface area (Å²) in [6, 6.07) is 21.6. The second-order valence-corrected chi connectivity index (χ2v) is 7.84. The highest BCUT2D eigenvalue weighted by atomic mass is 35.5. The molecule has 2 N–H and O–H groups in total. The molecule has 0 spiro atoms. The number of amides is 2. The topological polar surface area (TPSA) is 61.4 Å². The second kappa shape index (κ2) is 9.94. The molecule has 1 heterocycles. The molecule has 2 atom stereocenters. The van der Waals surface area contributed by atoms with E-state index >= 15 is 0 Å². The molecule has 0 bridgehead atoms. The number of halogens is 1. The Morgan fingerprint density at radius 2 is 1.77 bits per heavy atom. The molecule has 0 aliphatic carbocycles. The van der Waals surface area contributed by atoms with E-state index in [1.165, 1.54) is 5.39 Å². The third kappa shape index (κ3) is 4.89. The summed E-state index contributed by atoms with van der Waals surface area (Å²) < 4.78 is 0. The monoisotopic (exact) mass is 437 g/mol. The Bertz CT molecular complexity index is 1090. The number of carbonyl (C=O) groups excluding carboxylic acids is 2. The Morgan fingerprint density at radius 1 is 1.06 bits per heavy atom. The maximum Gasteiger partial charge on any atom is 0.249 e. The Hall–Kier alpha value is -2.89. The highest BCUT2D eigenvalue weighted by Crippen LogP contribution is 2.29. The van der Waals surface area contributed by atoms with E-state index in [-0.39, 0.29) is 30.3 Å². The fraction of sp³-hybridized carbons (Fsp3) is 0.280. The van der Waals surface area contributed by atoms with Crippen LogP contribution in [-0.2, 0) is 22.6 Å². The van der Waals surface area contributed by atoms with Crippen molar-refractivity contribution in [1.29, 1.82) is 0 Å². The summed E-state index contributed by atoms with van der Waals surface area (Å²) in [7, 11) is 1.74. The predicted octanol–water partition coefficient (Wildman–Crippen LogP) is 3.83. The number of hydrogen-bond acceptors (Lipinski definition) is 3. The molecular formula is C25H28ClN3O2. The van der Waals surface area contributed by atoms with Gasteiger partial charge in [-0.2, -0.15) is 0 Å². The maximum atomic E-state index is 13.5. The Morgan fingerprint density at radius 3 is 2.55 bits per heavy atom. The van der Waals surface area contributed by atoms with Crippen LogP contribution < -0.4 is 15.5 Å². The van der Waals surface area contributed by atoms with Crippen LogP contribution >= 0.6 is 12.4 Å². The van der Waals surface area contributed by atoms with E-state index in [1.807, 2.05) is 35.2 Å². The van der Waals surface area contributed by atoms with Gasteiger partial charge in [0, 0.05) is 5.69 Å². The number of carbonyl (C=O) groups is 2. The van der Waals surface area contributed by atoms with Crippen molar-refractivity contribution in [2.45, 2.75) is 38.4 Å². The summed E-state index contributed by atoms with van der Waals surface area (Å²) >= 11 is 0. The molecule has 1 aliphatic heterocycles. The maximum absolute atomic E-state index is 13.5. The van der Waals surface area contributed by atoms with Crippen LogP contribution in [0.25, 0.3) is 10.8 Å². The van der Waals surface area contributed by atoms with E-state index in [0.29, 0.717) is 13.0 Å². The number of fused-ring (bicyclic) bond motifs is 2. The van der Waals surface area contributed by atoms with E-state index in [2.05, 4.69) is 47.0 Å². The first kappa shape index (κ1) is 22.8. The standard InChI is InChI=1S/C25H27N3O2.ClH/c1-17(26-2)24(29)27-22-14-13-20-8-5-6-10-23(20)28(25(22)30)16-18-11-12-19-7-3-4-9-21(19)15-18;/h3-12,15,17,22,26H,13-14,16H2,1-2H3,(H,27,29);1H/t17-,22-;/m0./s1. The van der Waals surface area contributed by atoms with E-state index in [4.69, 9.17) is 0 Å². The number of nitrogens with zero attached hydrogens (tertiary/aromatic N) is 1. The number of para-hydroxylation sites is 1. The van der Waals surface area contributed by atoms with E-state index in [9.17, 15) is 9.59 Å². The highest BCUT2D eigenvalue weighted by Gasteiger charge is 2.32. The van der Waals surface area contributed by atoms with Gasteiger partial charge in [-0.15, -0.1) is 12.4 Å². The number of nitrogens with one attached hydrogen (secondary N) is 2. The molecule has 0 saturated carbocycles. The van der Waals surface area contributed by atoms with Crippen LogP contribution in [0.3, 0.4) is 0 Å². The van der Waals surface area contributed by atoms with Gasteiger partial charge in [0.25, 0.3) is 0 Å². The molecule has 0 fully saturated rings. The van der Waals surface area contributed by atoms with Crippen LogP contribution in [0, 0.1) is 0 Å². The van der Waals surface area contributed by atoms with Gasteiger partial charge in [0.15, 0.2) is 0 Å². The highest BCUT2D eigenvalue weighted by molar-refractivity contribution is 6.01. The van der Waals surface area contributed by atoms with E-state index in [0.717, 1.165) is 28.6 Å². The Balaban J connectivity index is 0.00000272. The van der Waals surface area contributed by atoms with E-state index in [1.54, 1.807) is 14.0 Å². The van der Waals surface area contributed by atoms with Gasteiger partial charge >= 0.3 is 0 Å². The average molecular weight is 438 g/mol. The van der Waals surface area contributed by atoms with Crippen molar-refractivity contribution >= 4 is 40.7 Å². The van der Waals surface area contributed by atoms with E-state index < -0.39 is 6.04 Å². The zero-order valence-electron chi connectivity index (χ0n) is 17.8. The number of hydrogen-bond donors (Lipinski definition) is 2. The van der Waals surface area contributed by atoms with Crippen molar-refractivity contribution in [2.24, 2.45) is 0 Å². The summed E-state index contributed by atoms with van der Waals surface area (Å²) in [5.41, 5.74) is 3.12. The summed E-state index contributed by atoms with van der Waals surface area (Å²) in [5.74, 6) is -0.225. The minimum atomic E-state index is -0.541. The summed E-state index contributed by atoms with van der Waals surface area (Å²) in [6.07, 6.45) is 1.33. The number of likely N-dealkylation sites (N-methyl/N-ethyl adjacent to an activating group) is 1. The minimum absolute atomic E-state index is 0. The van der Waals surface area contributed by atoms with Gasteiger partial charge in [0.1, 0.15) is 6.04 Å². The fourth-order valence-corrected chi connectivity index (χ4v) is 3.96. The van der Waals surface area contributed by atoms with Crippen molar-refractivity contribution in [2.75, 3.05) is 11.9 Å². The lowest BCUT2D eigenvalue weighted by Gasteiger charge is -2.27. The second-order valence-electron chi connectivity index (χ2n) is 7.84. The Labute approximate surface area is 189 Å². The van der Waals surface area contributed by atoms with Crippen LogP contribution in [0.15, 0.2) is 66.7 Å². The zero-order valence-corrected chi connectivity index (χ0v) is 18.6. The lowest BCUT2D eigenvalue weighted by Crippen LogP contribution is -2.52. The normalized spacial score (nSPS) is 16.8. The molecular weight excluding hydrogens is 410 g/mol. The largest absolute Gasteiger partial charge is 0.343 e. The minimum Gasteiger partial charge on any atom is -0.343 e. The molecule has 4 rings (SSSR count). The van der Waals surface area contributed by atoms with Gasteiger partial charge in [0.05, 0.1) is 12.6 Å². The van der Waals surface area contributed by atoms with Crippen molar-refractivity contribution in [3.05, 3.63) is 77.9 Å². The molecule has 31 heavy (non-hydrogen) atoms. The smallest absolute Gasteiger partial charge is 0.249 e. The van der Waals surface area contributed by atoms with Gasteiger partial charge in [0.2, 0.25) is 11.8 Å². The molecule has 0 unspecified atom stereocenters. The van der Waals surface area contributed by atoms with Crippen molar-refractivity contribution in [3.8, 4) is 0 Å². The van der Waals surface area contributed by atoms with Gasteiger partial charge in [-0.1, -0.05) is 54.6 Å². The number of aryl methyl sites for hydroxylation is 1. The van der Waals surface area contributed by atoms with Gasteiger partial charge < -0.3 is 15.5 Å². The molecule has 0 radical (unpaired) electrons. The van der Waals surface area contributed by atoms with Gasteiger partial charge in [-0.25, -0.2) is 0 Å². The lowest BCUT2D eigenvalue weighted by molar-refractivity contribution is -0.128. The molecule has 3 aromatic rings. The Kier molecular flexibility index (Phi) is 7.31. The first-order chi connectivity index (χ1) is 14.6. The van der Waals surface area contributed by atoms with Gasteiger partial charge in [-0.3, -0.25) is 9.59 Å². The molecule has 0 saturated heterocycles. The average Bonchev–Trinajstić information content (AvgIpc) is 2.90. The predicted molar refractivity (Wildman–Crippen MR) is 128 cm³/mol. The molecule has 6 heteroatoms. The summed E-state index contributed by atoms with van der Waals surface area (Å²) in [5, 5.41) is 8.21. The molecule has 2 amide bonds. The van der Waals surface area contributed by atoms with Gasteiger partial charge in [-0.05, 0) is 60.8 Å². The summed E-state index contributed by atoms with van der Waals surface area (Å²) in [4.78, 5) is 27.8. The van der Waals surface area contributed by atoms with Crippen molar-refractivity contribution < 1.29 is 9.59 Å². The van der Waals surface area contributed by atoms with Crippen LogP contribution in [0.2, 0.25) is 0 Å². The number of rotatable bonds is 5. The number of anilines is 1. The first-order valence-electron chi connectivity index (χ1n) is 10.4. The van der Waals surface area contributed by atoms with Crippen LogP contribution in [0.1, 0.15) is 24.5 Å². The van der Waals surface area contributed by atoms with Crippen LogP contribution in [0.5, 0.6) is 0 Å². The molecule has 3 aromatic carbocycles. The van der Waals surface area contributed by atoms with Crippen LogP contribution in [0.4, 0.5) is 5.69 Å². The lowest BCUT2D eigenvalue weighted by atomic mass is 10.1. The first-order valence-corrected chi connectivity index (χ1v) is 10.4. The molecule has 1 aliphatic rings. The van der Waals surface area contributed by atoms with Crippen molar-refractivity contribution in [1.82, 2.24) is 10.6 Å². The third-order valence-electron chi connectivity index (χ3n) is 5.85. The number of benzene rings is 3. The van der Waals surface area contributed by atoms with Crippen molar-refractivity contribution in [3.63, 3.8) is 0 Å². The molecule has 162 valence electrons. The summed E-state index contributed by atoms with van der Waals surface area (Å²) in [6.45, 7) is 2.26. The molecule has 0 aromatic heterocycles. The zero-order chi connectivity index (χ0) is 21.1. The van der Waals surface area contributed by atoms with Crippen LogP contribution in [-0.4, -0.2) is 30.9 Å².